The van der Waals surface area contributed by atoms with E-state index in [1.807, 2.05) is 0 Å². The quantitative estimate of drug-likeness (QED) is 0.674. The number of aromatic nitrogens is 1. The van der Waals surface area contributed by atoms with Crippen molar-refractivity contribution in [1.29, 1.82) is 0 Å². The second-order valence-electron chi connectivity index (χ2n) is 10.3. The van der Waals surface area contributed by atoms with Gasteiger partial charge in [-0.3, -0.25) is 0 Å². The van der Waals surface area contributed by atoms with Crippen molar-refractivity contribution < 1.29 is 33.8 Å². The summed E-state index contributed by atoms with van der Waals surface area (Å²) in [5.74, 6) is -0.107. The number of pyridine rings is 1. The predicted octanol–water partition coefficient (Wildman–Crippen LogP) is 3.01. The minimum atomic E-state index is -1.53. The average molecular weight is 438 g/mol. The molecule has 0 spiro atoms. The molecule has 0 unspecified atom stereocenters. The van der Waals surface area contributed by atoms with Crippen LogP contribution in [0.5, 0.6) is 0 Å². The molecule has 9 nitrogen and oxygen atoms in total. The molecule has 0 bridgehead atoms. The molecule has 0 radical (unpaired) electrons. The zero-order chi connectivity index (χ0) is 24.4. The van der Waals surface area contributed by atoms with E-state index in [4.69, 9.17) is 14.1 Å². The van der Waals surface area contributed by atoms with Crippen LogP contribution in [0.1, 0.15) is 69.2 Å². The second-order valence-corrected chi connectivity index (χ2v) is 10.3. The van der Waals surface area contributed by atoms with Crippen LogP contribution >= 0.6 is 0 Å². The fourth-order valence-electron chi connectivity index (χ4n) is 2.06. The third kappa shape index (κ3) is 8.12. The van der Waals surface area contributed by atoms with Crippen molar-refractivity contribution in [2.45, 2.75) is 91.6 Å². The van der Waals surface area contributed by atoms with Gasteiger partial charge in [-0.2, -0.15) is 4.90 Å². The SMILES string of the molecule is CC(C)(C)OC(=O)N(C(=O)OC(C)(C)C)c1cccc(B(O)OC(C)(C)C(C)(C)O)n1. The molecule has 1 rings (SSSR count). The van der Waals surface area contributed by atoms with Crippen LogP contribution in [0.25, 0.3) is 0 Å². The van der Waals surface area contributed by atoms with Crippen LogP contribution < -0.4 is 10.5 Å². The molecule has 1 aromatic heterocycles. The van der Waals surface area contributed by atoms with Crippen LogP contribution in [-0.2, 0) is 14.1 Å². The lowest BCUT2D eigenvalue weighted by molar-refractivity contribution is -0.0983. The van der Waals surface area contributed by atoms with Gasteiger partial charge in [0.05, 0.1) is 16.8 Å². The van der Waals surface area contributed by atoms with E-state index < -0.39 is 41.7 Å². The molecule has 0 atom stereocenters. The van der Waals surface area contributed by atoms with Gasteiger partial charge >= 0.3 is 19.3 Å². The van der Waals surface area contributed by atoms with Crippen molar-refractivity contribution in [3.8, 4) is 0 Å². The maximum atomic E-state index is 12.8. The molecule has 2 N–H and O–H groups in total. The van der Waals surface area contributed by atoms with Crippen molar-refractivity contribution in [1.82, 2.24) is 4.98 Å². The number of ether oxygens (including phenoxy) is 2. The van der Waals surface area contributed by atoms with E-state index in [2.05, 4.69) is 4.98 Å². The van der Waals surface area contributed by atoms with Crippen molar-refractivity contribution in [3.05, 3.63) is 18.2 Å². The lowest BCUT2D eigenvalue weighted by Crippen LogP contribution is -2.53. The third-order valence-electron chi connectivity index (χ3n) is 4.27. The van der Waals surface area contributed by atoms with E-state index in [9.17, 15) is 19.7 Å². The first-order valence-corrected chi connectivity index (χ1v) is 10.0. The van der Waals surface area contributed by atoms with Gasteiger partial charge in [0.15, 0.2) is 0 Å². The van der Waals surface area contributed by atoms with Gasteiger partial charge in [-0.25, -0.2) is 14.6 Å². The van der Waals surface area contributed by atoms with Crippen LogP contribution in [0, 0.1) is 0 Å². The number of carbonyl (C=O) groups excluding carboxylic acids is 2. The van der Waals surface area contributed by atoms with Crippen molar-refractivity contribution in [2.75, 3.05) is 4.90 Å². The monoisotopic (exact) mass is 438 g/mol. The van der Waals surface area contributed by atoms with E-state index >= 15 is 0 Å². The second kappa shape index (κ2) is 9.14. The van der Waals surface area contributed by atoms with Gasteiger partial charge in [0, 0.05) is 0 Å². The summed E-state index contributed by atoms with van der Waals surface area (Å²) < 4.78 is 16.3. The van der Waals surface area contributed by atoms with Crippen LogP contribution in [0.2, 0.25) is 0 Å². The molecule has 0 saturated carbocycles. The summed E-state index contributed by atoms with van der Waals surface area (Å²) >= 11 is 0. The topological polar surface area (TPSA) is 118 Å². The standard InChI is InChI=1S/C21H35BN2O7/c1-18(2,3)29-16(25)24(17(26)30-19(4,5)6)15-13-11-12-14(23-15)22(28)31-21(9,10)20(7,8)27/h11-13,27-28H,1-10H3. The number of anilines is 1. The predicted molar refractivity (Wildman–Crippen MR) is 118 cm³/mol. The highest BCUT2D eigenvalue weighted by molar-refractivity contribution is 6.59. The minimum Gasteiger partial charge on any atom is -0.443 e. The van der Waals surface area contributed by atoms with Gasteiger partial charge in [0.2, 0.25) is 0 Å². The molecule has 31 heavy (non-hydrogen) atoms. The van der Waals surface area contributed by atoms with E-state index in [0.29, 0.717) is 4.90 Å². The van der Waals surface area contributed by atoms with E-state index in [-0.39, 0.29) is 11.4 Å². The number of aliphatic hydroxyl groups is 1. The Morgan fingerprint density at radius 2 is 1.35 bits per heavy atom. The number of amides is 2. The Labute approximate surface area is 184 Å². The Hall–Kier alpha value is -2.17. The summed E-state index contributed by atoms with van der Waals surface area (Å²) in [4.78, 5) is 30.4. The number of nitrogens with zero attached hydrogens (tertiary/aromatic N) is 2. The third-order valence-corrected chi connectivity index (χ3v) is 4.27. The maximum Gasteiger partial charge on any atom is 0.511 e. The first-order chi connectivity index (χ1) is 13.7. The lowest BCUT2D eigenvalue weighted by atomic mass is 9.80. The molecule has 174 valence electrons. The number of carbonyl (C=O) groups is 2. The highest BCUT2D eigenvalue weighted by atomic mass is 16.6. The maximum absolute atomic E-state index is 12.8. The Bertz CT molecular complexity index is 764. The molecule has 1 aromatic rings. The number of hydrogen-bond donors (Lipinski definition) is 2. The van der Waals surface area contributed by atoms with Gasteiger partial charge < -0.3 is 24.3 Å². The molecule has 0 aromatic carbocycles. The molecule has 0 aliphatic rings. The van der Waals surface area contributed by atoms with Gasteiger partial charge in [-0.15, -0.1) is 0 Å². The van der Waals surface area contributed by atoms with Crippen LogP contribution in [0.15, 0.2) is 18.2 Å². The summed E-state index contributed by atoms with van der Waals surface area (Å²) in [5, 5.41) is 20.8. The average Bonchev–Trinajstić information content (AvgIpc) is 2.50. The molecule has 0 fully saturated rings. The van der Waals surface area contributed by atoms with E-state index in [0.717, 1.165) is 0 Å². The van der Waals surface area contributed by atoms with Crippen LogP contribution in [0.3, 0.4) is 0 Å². The van der Waals surface area contributed by atoms with E-state index in [1.165, 1.54) is 18.2 Å². The fourth-order valence-corrected chi connectivity index (χ4v) is 2.06. The highest BCUT2D eigenvalue weighted by Gasteiger charge is 2.40. The Balaban J connectivity index is 3.32. The molecular weight excluding hydrogens is 403 g/mol. The minimum absolute atomic E-state index is 0.0342. The zero-order valence-electron chi connectivity index (χ0n) is 20.1. The first kappa shape index (κ1) is 26.9. The fraction of sp³-hybridized carbons (Fsp3) is 0.667. The Morgan fingerprint density at radius 3 is 1.74 bits per heavy atom. The Morgan fingerprint density at radius 1 is 0.903 bits per heavy atom. The summed E-state index contributed by atoms with van der Waals surface area (Å²) in [6.07, 6.45) is -1.95. The lowest BCUT2D eigenvalue weighted by Gasteiger charge is -2.38. The van der Waals surface area contributed by atoms with Gasteiger partial charge in [-0.1, -0.05) is 6.07 Å². The van der Waals surface area contributed by atoms with E-state index in [1.54, 1.807) is 69.2 Å². The van der Waals surface area contributed by atoms with Crippen molar-refractivity contribution in [3.63, 3.8) is 0 Å². The van der Waals surface area contributed by atoms with Gasteiger partial charge in [0.25, 0.3) is 0 Å². The summed E-state index contributed by atoms with van der Waals surface area (Å²) in [5.41, 5.74) is -4.08. The summed E-state index contributed by atoms with van der Waals surface area (Å²) in [6.45, 7) is 16.3. The smallest absolute Gasteiger partial charge is 0.443 e. The highest BCUT2D eigenvalue weighted by Crippen LogP contribution is 2.25. The van der Waals surface area contributed by atoms with Crippen molar-refractivity contribution >= 4 is 30.7 Å². The number of rotatable bonds is 5. The number of imide groups is 1. The normalized spacial score (nSPS) is 12.9. The number of hydrogen-bond acceptors (Lipinski definition) is 8. The summed E-state index contributed by atoms with van der Waals surface area (Å²) in [7, 11) is -1.53. The molecule has 2 amide bonds. The first-order valence-electron chi connectivity index (χ1n) is 10.0. The molecular formula is C21H35BN2O7. The molecule has 0 aliphatic carbocycles. The van der Waals surface area contributed by atoms with Crippen LogP contribution in [-0.4, -0.2) is 56.8 Å². The van der Waals surface area contributed by atoms with Crippen LogP contribution in [0.4, 0.5) is 15.4 Å². The van der Waals surface area contributed by atoms with Crippen molar-refractivity contribution in [2.24, 2.45) is 0 Å². The Kier molecular flexibility index (Phi) is 7.92. The largest absolute Gasteiger partial charge is 0.511 e. The van der Waals surface area contributed by atoms with Gasteiger partial charge in [-0.05, 0) is 81.4 Å². The summed E-state index contributed by atoms with van der Waals surface area (Å²) in [6, 6.07) is 4.38. The zero-order valence-corrected chi connectivity index (χ0v) is 20.1. The molecule has 10 heteroatoms. The molecule has 0 aliphatic heterocycles. The van der Waals surface area contributed by atoms with Gasteiger partial charge in [0.1, 0.15) is 17.0 Å². The molecule has 1 heterocycles. The molecule has 0 saturated heterocycles.